The van der Waals surface area contributed by atoms with Crippen LogP contribution in [0.25, 0.3) is 0 Å². The van der Waals surface area contributed by atoms with Crippen molar-refractivity contribution in [3.63, 3.8) is 0 Å². The number of sulfonamides is 1. The summed E-state index contributed by atoms with van der Waals surface area (Å²) in [7, 11) is -2.21. The van der Waals surface area contributed by atoms with E-state index in [0.29, 0.717) is 6.42 Å². The van der Waals surface area contributed by atoms with E-state index < -0.39 is 16.1 Å². The van der Waals surface area contributed by atoms with Gasteiger partial charge in [0.05, 0.1) is 17.4 Å². The predicted molar refractivity (Wildman–Crippen MR) is 92.6 cm³/mol. The summed E-state index contributed by atoms with van der Waals surface area (Å²) in [6.07, 6.45) is 0.599. The molecule has 1 atom stereocenters. The van der Waals surface area contributed by atoms with Crippen molar-refractivity contribution in [1.82, 2.24) is 9.62 Å². The Morgan fingerprint density at radius 3 is 2.38 bits per heavy atom. The number of likely N-dealkylation sites (N-methyl/N-ethyl adjacent to an activating group) is 1. The normalized spacial score (nSPS) is 12.7. The van der Waals surface area contributed by atoms with Gasteiger partial charge in [0.1, 0.15) is 6.04 Å². The number of carbonyl (C=O) groups is 1. The smallest absolute Gasteiger partial charge is 0.241 e. The molecule has 0 fully saturated rings. The molecule has 0 bridgehead atoms. The van der Waals surface area contributed by atoms with Crippen molar-refractivity contribution in [3.8, 4) is 6.07 Å². The van der Waals surface area contributed by atoms with E-state index in [4.69, 9.17) is 5.26 Å². The molecule has 24 heavy (non-hydrogen) atoms. The van der Waals surface area contributed by atoms with E-state index in [1.165, 1.54) is 17.0 Å². The molecule has 0 radical (unpaired) electrons. The Bertz CT molecular complexity index is 691. The summed E-state index contributed by atoms with van der Waals surface area (Å²) < 4.78 is 27.6. The van der Waals surface area contributed by atoms with Crippen LogP contribution in [0.15, 0.2) is 29.2 Å². The van der Waals surface area contributed by atoms with Crippen LogP contribution in [-0.4, -0.2) is 38.9 Å². The summed E-state index contributed by atoms with van der Waals surface area (Å²) in [6, 6.07) is 7.61. The summed E-state index contributed by atoms with van der Waals surface area (Å²) in [6.45, 7) is 6.00. The lowest BCUT2D eigenvalue weighted by atomic mass is 10.0. The molecule has 0 aliphatic carbocycles. The summed E-state index contributed by atoms with van der Waals surface area (Å²) in [5.74, 6) is -0.182. The average molecular weight is 351 g/mol. The molecule has 0 heterocycles. The van der Waals surface area contributed by atoms with Crippen molar-refractivity contribution in [2.24, 2.45) is 5.92 Å². The fourth-order valence-corrected chi connectivity index (χ4v) is 3.44. The Kier molecular flexibility index (Phi) is 7.39. The number of nitriles is 1. The molecular formula is C17H25N3O3S. The third kappa shape index (κ3) is 5.95. The Morgan fingerprint density at radius 1 is 1.29 bits per heavy atom. The van der Waals surface area contributed by atoms with Crippen LogP contribution >= 0.6 is 0 Å². The van der Waals surface area contributed by atoms with E-state index in [9.17, 15) is 13.2 Å². The SMILES string of the molecule is Cc1ccc(S(=O)(=O)NC(CC(C)C)C(=O)N(C)CCC#N)cc1. The van der Waals surface area contributed by atoms with Gasteiger partial charge in [-0.25, -0.2) is 8.42 Å². The lowest BCUT2D eigenvalue weighted by Gasteiger charge is -2.25. The highest BCUT2D eigenvalue weighted by Crippen LogP contribution is 2.14. The number of benzene rings is 1. The first-order valence-electron chi connectivity index (χ1n) is 7.88. The minimum atomic E-state index is -3.78. The summed E-state index contributed by atoms with van der Waals surface area (Å²) in [5.41, 5.74) is 0.958. The maximum atomic E-state index is 12.5. The zero-order chi connectivity index (χ0) is 18.3. The molecule has 0 saturated heterocycles. The Balaban J connectivity index is 2.98. The quantitative estimate of drug-likeness (QED) is 0.776. The van der Waals surface area contributed by atoms with Crippen molar-refractivity contribution in [2.45, 2.75) is 44.6 Å². The largest absolute Gasteiger partial charge is 0.343 e. The molecule has 132 valence electrons. The van der Waals surface area contributed by atoms with Crippen LogP contribution in [0.1, 0.15) is 32.3 Å². The van der Waals surface area contributed by atoms with Crippen molar-refractivity contribution in [1.29, 1.82) is 5.26 Å². The third-order valence-corrected chi connectivity index (χ3v) is 5.06. The van der Waals surface area contributed by atoms with Gasteiger partial charge in [-0.15, -0.1) is 0 Å². The van der Waals surface area contributed by atoms with Gasteiger partial charge >= 0.3 is 0 Å². The van der Waals surface area contributed by atoms with E-state index in [0.717, 1.165) is 5.56 Å². The molecule has 0 aromatic heterocycles. The molecule has 0 aliphatic heterocycles. The predicted octanol–water partition coefficient (Wildman–Crippen LogP) is 2.06. The molecule has 0 aliphatic rings. The lowest BCUT2D eigenvalue weighted by molar-refractivity contribution is -0.132. The molecule has 7 heteroatoms. The molecule has 1 aromatic carbocycles. The van der Waals surface area contributed by atoms with Crippen molar-refractivity contribution in [2.75, 3.05) is 13.6 Å². The third-order valence-electron chi connectivity index (χ3n) is 3.57. The molecule has 6 nitrogen and oxygen atoms in total. The fourth-order valence-electron chi connectivity index (χ4n) is 2.24. The van der Waals surface area contributed by atoms with Crippen molar-refractivity contribution < 1.29 is 13.2 Å². The van der Waals surface area contributed by atoms with Crippen LogP contribution in [-0.2, 0) is 14.8 Å². The van der Waals surface area contributed by atoms with E-state index in [2.05, 4.69) is 4.72 Å². The van der Waals surface area contributed by atoms with Gasteiger partial charge in [0.2, 0.25) is 15.9 Å². The number of hydrogen-bond acceptors (Lipinski definition) is 4. The maximum absolute atomic E-state index is 12.5. The minimum absolute atomic E-state index is 0.134. The second-order valence-electron chi connectivity index (χ2n) is 6.28. The highest BCUT2D eigenvalue weighted by molar-refractivity contribution is 7.89. The van der Waals surface area contributed by atoms with Crippen LogP contribution in [0.5, 0.6) is 0 Å². The second kappa shape index (κ2) is 8.81. The number of nitrogens with zero attached hydrogens (tertiary/aromatic N) is 2. The zero-order valence-corrected chi connectivity index (χ0v) is 15.4. The van der Waals surface area contributed by atoms with Crippen LogP contribution in [0.3, 0.4) is 0 Å². The fraction of sp³-hybridized carbons (Fsp3) is 0.529. The van der Waals surface area contributed by atoms with Gasteiger partial charge in [0, 0.05) is 13.6 Å². The number of nitrogens with one attached hydrogen (secondary N) is 1. The maximum Gasteiger partial charge on any atom is 0.241 e. The Morgan fingerprint density at radius 2 is 1.88 bits per heavy atom. The molecule has 1 aromatic rings. The standard InChI is InChI=1S/C17H25N3O3S/c1-13(2)12-16(17(21)20(4)11-5-10-18)19-24(22,23)15-8-6-14(3)7-9-15/h6-9,13,16,19H,5,11-12H2,1-4H3. The monoisotopic (exact) mass is 351 g/mol. The molecule has 1 rings (SSSR count). The van der Waals surface area contributed by atoms with Gasteiger partial charge in [0.15, 0.2) is 0 Å². The van der Waals surface area contributed by atoms with Gasteiger partial charge in [-0.3, -0.25) is 4.79 Å². The first-order valence-corrected chi connectivity index (χ1v) is 9.36. The molecular weight excluding hydrogens is 326 g/mol. The number of carbonyl (C=O) groups excluding carboxylic acids is 1. The zero-order valence-electron chi connectivity index (χ0n) is 14.6. The van der Waals surface area contributed by atoms with Crippen LogP contribution < -0.4 is 4.72 Å². The van der Waals surface area contributed by atoms with Gasteiger partial charge in [0.25, 0.3) is 0 Å². The van der Waals surface area contributed by atoms with E-state index in [1.807, 2.05) is 26.8 Å². The van der Waals surface area contributed by atoms with Crippen molar-refractivity contribution >= 4 is 15.9 Å². The highest BCUT2D eigenvalue weighted by atomic mass is 32.2. The lowest BCUT2D eigenvalue weighted by Crippen LogP contribution is -2.48. The Hall–Kier alpha value is -1.91. The molecule has 0 saturated carbocycles. The van der Waals surface area contributed by atoms with Gasteiger partial charge in [-0.2, -0.15) is 9.98 Å². The van der Waals surface area contributed by atoms with Crippen LogP contribution in [0, 0.1) is 24.2 Å². The first-order chi connectivity index (χ1) is 11.2. The number of rotatable bonds is 8. The van der Waals surface area contributed by atoms with Gasteiger partial charge < -0.3 is 4.90 Å². The molecule has 1 N–H and O–H groups in total. The molecule has 1 amide bonds. The highest BCUT2D eigenvalue weighted by Gasteiger charge is 2.28. The van der Waals surface area contributed by atoms with Gasteiger partial charge in [-0.1, -0.05) is 31.5 Å². The van der Waals surface area contributed by atoms with Crippen LogP contribution in [0.2, 0.25) is 0 Å². The second-order valence-corrected chi connectivity index (χ2v) is 8.00. The molecule has 1 unspecified atom stereocenters. The summed E-state index contributed by atoms with van der Waals surface area (Å²) in [5, 5.41) is 8.64. The average Bonchev–Trinajstić information content (AvgIpc) is 2.51. The molecule has 0 spiro atoms. The topological polar surface area (TPSA) is 90.3 Å². The summed E-state index contributed by atoms with van der Waals surface area (Å²) >= 11 is 0. The number of aryl methyl sites for hydroxylation is 1. The van der Waals surface area contributed by atoms with E-state index >= 15 is 0 Å². The number of amides is 1. The van der Waals surface area contributed by atoms with E-state index in [1.54, 1.807) is 19.2 Å². The number of hydrogen-bond donors (Lipinski definition) is 1. The van der Waals surface area contributed by atoms with Gasteiger partial charge in [-0.05, 0) is 31.4 Å². The van der Waals surface area contributed by atoms with Crippen molar-refractivity contribution in [3.05, 3.63) is 29.8 Å². The minimum Gasteiger partial charge on any atom is -0.343 e. The summed E-state index contributed by atoms with van der Waals surface area (Å²) in [4.78, 5) is 14.1. The van der Waals surface area contributed by atoms with Crippen LogP contribution in [0.4, 0.5) is 0 Å². The first kappa shape index (κ1) is 20.1. The Labute approximate surface area is 144 Å². The van der Waals surface area contributed by atoms with E-state index in [-0.39, 0.29) is 29.7 Å².